The molecule has 0 aromatic heterocycles. The molecule has 0 saturated heterocycles. The van der Waals surface area contributed by atoms with Gasteiger partial charge in [0, 0.05) is 11.3 Å². The van der Waals surface area contributed by atoms with Gasteiger partial charge in [-0.05, 0) is 61.5 Å². The number of nitrogens with two attached hydrogens (primary N) is 1. The first-order valence-electron chi connectivity index (χ1n) is 9.39. The van der Waals surface area contributed by atoms with Gasteiger partial charge in [-0.25, -0.2) is 22.0 Å². The second-order valence-electron chi connectivity index (χ2n) is 6.59. The molecule has 0 aliphatic rings. The van der Waals surface area contributed by atoms with Crippen molar-refractivity contribution in [1.82, 2.24) is 0 Å². The van der Waals surface area contributed by atoms with Crippen molar-refractivity contribution in [3.8, 4) is 5.75 Å². The number of ether oxygens (including phenoxy) is 1. The molecule has 0 unspecified atom stereocenters. The van der Waals surface area contributed by atoms with Gasteiger partial charge in [-0.2, -0.15) is 0 Å². The molecule has 0 spiro atoms. The highest BCUT2D eigenvalue weighted by atomic mass is 32.2. The molecule has 3 rings (SSSR count). The maximum atomic E-state index is 12.9. The summed E-state index contributed by atoms with van der Waals surface area (Å²) in [4.78, 5) is 12.3. The van der Waals surface area contributed by atoms with Gasteiger partial charge in [0.25, 0.3) is 15.9 Å². The van der Waals surface area contributed by atoms with Crippen LogP contribution in [0.5, 0.6) is 5.75 Å². The Hall–Kier alpha value is -3.41. The molecule has 0 atom stereocenters. The van der Waals surface area contributed by atoms with E-state index in [1.807, 2.05) is 0 Å². The number of hydrogen-bond acceptors (Lipinski definition) is 6. The predicted octanol–water partition coefficient (Wildman–Crippen LogP) is 2.79. The van der Waals surface area contributed by atoms with Gasteiger partial charge in [-0.1, -0.05) is 18.2 Å². The van der Waals surface area contributed by atoms with Gasteiger partial charge in [-0.3, -0.25) is 9.52 Å². The summed E-state index contributed by atoms with van der Waals surface area (Å²) in [7, 11) is -7.95. The lowest BCUT2D eigenvalue weighted by molar-refractivity contribution is 0.102. The van der Waals surface area contributed by atoms with Crippen LogP contribution in [-0.4, -0.2) is 29.3 Å². The fraction of sp³-hybridized carbons (Fsp3) is 0.0952. The Morgan fingerprint density at radius 2 is 1.53 bits per heavy atom. The number of hydrogen-bond donors (Lipinski definition) is 3. The van der Waals surface area contributed by atoms with Crippen LogP contribution in [0.3, 0.4) is 0 Å². The number of carbonyl (C=O) groups is 1. The van der Waals surface area contributed by atoms with Crippen molar-refractivity contribution in [2.24, 2.45) is 5.14 Å². The summed E-state index contributed by atoms with van der Waals surface area (Å²) < 4.78 is 56.3. The third kappa shape index (κ3) is 5.63. The molecule has 3 aromatic rings. The zero-order valence-electron chi connectivity index (χ0n) is 17.0. The van der Waals surface area contributed by atoms with E-state index in [2.05, 4.69) is 10.0 Å². The second kappa shape index (κ2) is 9.39. The van der Waals surface area contributed by atoms with E-state index in [0.29, 0.717) is 17.9 Å². The molecule has 0 fully saturated rings. The van der Waals surface area contributed by atoms with Crippen LogP contribution >= 0.6 is 0 Å². The molecule has 0 aliphatic carbocycles. The van der Waals surface area contributed by atoms with E-state index in [1.165, 1.54) is 42.5 Å². The second-order valence-corrected chi connectivity index (χ2v) is 9.83. The van der Waals surface area contributed by atoms with E-state index in [1.54, 1.807) is 37.3 Å². The van der Waals surface area contributed by atoms with Gasteiger partial charge >= 0.3 is 0 Å². The van der Waals surface area contributed by atoms with E-state index >= 15 is 0 Å². The van der Waals surface area contributed by atoms with E-state index in [9.17, 15) is 21.6 Å². The Bertz CT molecular complexity index is 1320. The van der Waals surface area contributed by atoms with Crippen molar-refractivity contribution in [2.75, 3.05) is 16.6 Å². The average molecular weight is 476 g/mol. The van der Waals surface area contributed by atoms with E-state index in [4.69, 9.17) is 9.88 Å². The summed E-state index contributed by atoms with van der Waals surface area (Å²) in [5.74, 6) is -0.110. The van der Waals surface area contributed by atoms with E-state index < -0.39 is 26.0 Å². The molecule has 9 nitrogen and oxygen atoms in total. The number of anilines is 2. The maximum absolute atomic E-state index is 12.9. The first-order chi connectivity index (χ1) is 15.1. The summed E-state index contributed by atoms with van der Waals surface area (Å²) >= 11 is 0. The molecule has 0 heterocycles. The number of sulfonamides is 2. The molecular weight excluding hydrogens is 454 g/mol. The summed E-state index contributed by atoms with van der Waals surface area (Å²) in [5, 5.41) is 7.72. The molecule has 0 saturated carbocycles. The summed E-state index contributed by atoms with van der Waals surface area (Å²) in [5.41, 5.74) is 0.727. The minimum Gasteiger partial charge on any atom is -0.492 e. The van der Waals surface area contributed by atoms with Gasteiger partial charge in [0.1, 0.15) is 5.75 Å². The molecule has 32 heavy (non-hydrogen) atoms. The highest BCUT2D eigenvalue weighted by molar-refractivity contribution is 7.92. The smallest absolute Gasteiger partial charge is 0.261 e. The fourth-order valence-electron chi connectivity index (χ4n) is 2.77. The van der Waals surface area contributed by atoms with Crippen LogP contribution in [0.2, 0.25) is 0 Å². The lowest BCUT2D eigenvalue weighted by Crippen LogP contribution is -2.16. The third-order valence-corrected chi connectivity index (χ3v) is 6.59. The number of rotatable bonds is 8. The fourth-order valence-corrected chi connectivity index (χ4v) is 4.37. The standard InChI is InChI=1S/C21H21N3O6S2/c1-2-30-20-13-12-18(14-19(20)23-21(25)15-6-4-3-5-7-15)32(28,29)24-16-8-10-17(11-9-16)31(22,26)27/h3-14,24H,2H2,1H3,(H,23,25)(H2,22,26,27). The monoisotopic (exact) mass is 475 g/mol. The summed E-state index contributed by atoms with van der Waals surface area (Å²) in [6.07, 6.45) is 0. The Morgan fingerprint density at radius 1 is 0.906 bits per heavy atom. The first-order valence-corrected chi connectivity index (χ1v) is 12.4. The molecular formula is C21H21N3O6S2. The highest BCUT2D eigenvalue weighted by Gasteiger charge is 2.19. The van der Waals surface area contributed by atoms with Crippen molar-refractivity contribution in [2.45, 2.75) is 16.7 Å². The number of benzene rings is 3. The number of primary sulfonamides is 1. The van der Waals surface area contributed by atoms with Gasteiger partial charge in [0.05, 0.1) is 22.1 Å². The Balaban J connectivity index is 1.89. The first kappa shape index (κ1) is 23.3. The highest BCUT2D eigenvalue weighted by Crippen LogP contribution is 2.29. The van der Waals surface area contributed by atoms with Crippen LogP contribution in [0.15, 0.2) is 82.6 Å². The van der Waals surface area contributed by atoms with E-state index in [0.717, 1.165) is 0 Å². The number of amides is 1. The maximum Gasteiger partial charge on any atom is 0.261 e. The van der Waals surface area contributed by atoms with Crippen LogP contribution in [0.25, 0.3) is 0 Å². The molecule has 4 N–H and O–H groups in total. The van der Waals surface area contributed by atoms with Crippen molar-refractivity contribution in [3.63, 3.8) is 0 Å². The lowest BCUT2D eigenvalue weighted by atomic mass is 10.2. The number of nitrogens with one attached hydrogen (secondary N) is 2. The largest absolute Gasteiger partial charge is 0.492 e. The minimum absolute atomic E-state index is 0.125. The van der Waals surface area contributed by atoms with Gasteiger partial charge < -0.3 is 10.1 Å². The minimum atomic E-state index is -4.05. The molecule has 168 valence electrons. The third-order valence-electron chi connectivity index (χ3n) is 4.28. The van der Waals surface area contributed by atoms with Crippen LogP contribution in [0.1, 0.15) is 17.3 Å². The molecule has 0 aliphatic heterocycles. The van der Waals surface area contributed by atoms with Crippen molar-refractivity contribution >= 4 is 37.3 Å². The van der Waals surface area contributed by atoms with E-state index in [-0.39, 0.29) is 21.2 Å². The molecule has 0 bridgehead atoms. The predicted molar refractivity (Wildman–Crippen MR) is 121 cm³/mol. The van der Waals surface area contributed by atoms with Crippen molar-refractivity contribution < 1.29 is 26.4 Å². The SMILES string of the molecule is CCOc1ccc(S(=O)(=O)Nc2ccc(S(N)(=O)=O)cc2)cc1NC(=O)c1ccccc1. The normalized spacial score (nSPS) is 11.6. The summed E-state index contributed by atoms with van der Waals surface area (Å²) in [6, 6.07) is 17.5. The summed E-state index contributed by atoms with van der Waals surface area (Å²) in [6.45, 7) is 2.08. The van der Waals surface area contributed by atoms with Gasteiger partial charge in [-0.15, -0.1) is 0 Å². The van der Waals surface area contributed by atoms with Crippen molar-refractivity contribution in [1.29, 1.82) is 0 Å². The van der Waals surface area contributed by atoms with Crippen LogP contribution in [0, 0.1) is 0 Å². The topological polar surface area (TPSA) is 145 Å². The Labute approximate surface area is 186 Å². The van der Waals surface area contributed by atoms with Crippen LogP contribution < -0.4 is 19.9 Å². The van der Waals surface area contributed by atoms with Crippen LogP contribution in [-0.2, 0) is 20.0 Å². The molecule has 0 radical (unpaired) electrons. The quantitative estimate of drug-likeness (QED) is 0.457. The van der Waals surface area contributed by atoms with Crippen LogP contribution in [0.4, 0.5) is 11.4 Å². The molecule has 3 aromatic carbocycles. The Kier molecular flexibility index (Phi) is 6.82. The van der Waals surface area contributed by atoms with Gasteiger partial charge in [0.15, 0.2) is 0 Å². The average Bonchev–Trinajstić information content (AvgIpc) is 2.75. The molecule has 1 amide bonds. The Morgan fingerprint density at radius 3 is 2.12 bits per heavy atom. The number of carbonyl (C=O) groups excluding carboxylic acids is 1. The lowest BCUT2D eigenvalue weighted by Gasteiger charge is -2.14. The zero-order valence-corrected chi connectivity index (χ0v) is 18.6. The molecule has 11 heteroatoms. The zero-order chi connectivity index (χ0) is 23.4. The van der Waals surface area contributed by atoms with Crippen molar-refractivity contribution in [3.05, 3.63) is 78.4 Å². The van der Waals surface area contributed by atoms with Gasteiger partial charge in [0.2, 0.25) is 10.0 Å².